The highest BCUT2D eigenvalue weighted by Gasteiger charge is 2.26. The van der Waals surface area contributed by atoms with Crippen LogP contribution in [-0.2, 0) is 4.79 Å². The molecule has 2 N–H and O–H groups in total. The van der Waals surface area contributed by atoms with Crippen molar-refractivity contribution < 1.29 is 9.53 Å². The van der Waals surface area contributed by atoms with Gasteiger partial charge in [0.2, 0.25) is 0 Å². The van der Waals surface area contributed by atoms with Crippen LogP contribution in [-0.4, -0.2) is 32.1 Å². The van der Waals surface area contributed by atoms with E-state index in [2.05, 4.69) is 17.6 Å². The van der Waals surface area contributed by atoms with Crippen molar-refractivity contribution in [2.45, 2.75) is 19.8 Å². The third-order valence-electron chi connectivity index (χ3n) is 4.63. The van der Waals surface area contributed by atoms with Crippen LogP contribution in [0.15, 0.2) is 42.5 Å². The Labute approximate surface area is 137 Å². The number of nitrogens with one attached hydrogen (secondary N) is 2. The van der Waals surface area contributed by atoms with Crippen LogP contribution >= 0.6 is 0 Å². The number of hydrogen-bond acceptors (Lipinski definition) is 3. The fourth-order valence-electron chi connectivity index (χ4n) is 3.03. The largest absolute Gasteiger partial charge is 0.483 e. The van der Waals surface area contributed by atoms with E-state index >= 15 is 0 Å². The molecule has 1 fully saturated rings. The van der Waals surface area contributed by atoms with E-state index < -0.39 is 0 Å². The van der Waals surface area contributed by atoms with Crippen molar-refractivity contribution in [1.82, 2.24) is 10.6 Å². The van der Waals surface area contributed by atoms with Crippen molar-refractivity contribution in [2.24, 2.45) is 5.41 Å². The number of hydrogen-bond donors (Lipinski definition) is 2. The van der Waals surface area contributed by atoms with E-state index in [4.69, 9.17) is 4.74 Å². The molecule has 1 heterocycles. The second-order valence-electron chi connectivity index (χ2n) is 6.60. The highest BCUT2D eigenvalue weighted by atomic mass is 16.5. The summed E-state index contributed by atoms with van der Waals surface area (Å²) in [4.78, 5) is 12.1. The number of ether oxygens (including phenoxy) is 1. The molecule has 1 aliphatic heterocycles. The topological polar surface area (TPSA) is 50.4 Å². The molecule has 4 heteroatoms. The molecule has 2 aromatic carbocycles. The van der Waals surface area contributed by atoms with Gasteiger partial charge in [0.05, 0.1) is 0 Å². The van der Waals surface area contributed by atoms with Crippen LogP contribution in [0.4, 0.5) is 0 Å². The molecular formula is C19H24N2O2. The molecule has 0 spiro atoms. The minimum absolute atomic E-state index is 0.0577. The Hall–Kier alpha value is -2.07. The van der Waals surface area contributed by atoms with Gasteiger partial charge in [0.15, 0.2) is 6.61 Å². The van der Waals surface area contributed by atoms with Crippen LogP contribution in [0.5, 0.6) is 5.75 Å². The number of carbonyl (C=O) groups excluding carboxylic acids is 1. The third kappa shape index (κ3) is 4.02. The molecule has 0 saturated carbocycles. The Kier molecular flexibility index (Phi) is 4.82. The van der Waals surface area contributed by atoms with Gasteiger partial charge in [-0.1, -0.05) is 43.3 Å². The van der Waals surface area contributed by atoms with Crippen molar-refractivity contribution >= 4 is 16.7 Å². The Morgan fingerprint density at radius 3 is 2.74 bits per heavy atom. The maximum absolute atomic E-state index is 12.1. The minimum Gasteiger partial charge on any atom is -0.483 e. The second-order valence-corrected chi connectivity index (χ2v) is 6.60. The zero-order chi connectivity index (χ0) is 16.1. The first kappa shape index (κ1) is 15.8. The number of piperidine rings is 1. The molecule has 0 aliphatic carbocycles. The van der Waals surface area contributed by atoms with Crippen LogP contribution in [0.3, 0.4) is 0 Å². The van der Waals surface area contributed by atoms with E-state index in [1.165, 1.54) is 0 Å². The lowest BCUT2D eigenvalue weighted by Crippen LogP contribution is -2.43. The number of fused-ring (bicyclic) bond motifs is 1. The lowest BCUT2D eigenvalue weighted by atomic mass is 9.81. The highest BCUT2D eigenvalue weighted by molar-refractivity contribution is 5.88. The van der Waals surface area contributed by atoms with Gasteiger partial charge in [-0.3, -0.25) is 4.79 Å². The summed E-state index contributed by atoms with van der Waals surface area (Å²) in [6.07, 6.45) is 2.19. The average molecular weight is 312 g/mol. The summed E-state index contributed by atoms with van der Waals surface area (Å²) in [5, 5.41) is 8.53. The van der Waals surface area contributed by atoms with Crippen LogP contribution in [0.2, 0.25) is 0 Å². The molecule has 23 heavy (non-hydrogen) atoms. The van der Waals surface area contributed by atoms with Gasteiger partial charge in [-0.2, -0.15) is 0 Å². The Bertz CT molecular complexity index is 673. The van der Waals surface area contributed by atoms with Crippen LogP contribution in [0, 0.1) is 5.41 Å². The van der Waals surface area contributed by atoms with Crippen LogP contribution in [0.1, 0.15) is 19.8 Å². The quantitative estimate of drug-likeness (QED) is 0.892. The van der Waals surface area contributed by atoms with Crippen molar-refractivity contribution in [3.63, 3.8) is 0 Å². The van der Waals surface area contributed by atoms with E-state index in [1.54, 1.807) is 0 Å². The first-order valence-corrected chi connectivity index (χ1v) is 8.24. The molecule has 0 radical (unpaired) electrons. The summed E-state index contributed by atoms with van der Waals surface area (Å²) in [6.45, 7) is 5.06. The second kappa shape index (κ2) is 7.01. The summed E-state index contributed by atoms with van der Waals surface area (Å²) in [7, 11) is 0. The summed E-state index contributed by atoms with van der Waals surface area (Å²) >= 11 is 0. The van der Waals surface area contributed by atoms with Crippen molar-refractivity contribution in [1.29, 1.82) is 0 Å². The van der Waals surface area contributed by atoms with Crippen LogP contribution < -0.4 is 15.4 Å². The van der Waals surface area contributed by atoms with Crippen molar-refractivity contribution in [3.8, 4) is 5.75 Å². The minimum atomic E-state index is -0.0577. The molecule has 4 nitrogen and oxygen atoms in total. The third-order valence-corrected chi connectivity index (χ3v) is 4.63. The molecule has 0 aromatic heterocycles. The van der Waals surface area contributed by atoms with Gasteiger partial charge < -0.3 is 15.4 Å². The van der Waals surface area contributed by atoms with Gasteiger partial charge in [-0.15, -0.1) is 0 Å². The maximum Gasteiger partial charge on any atom is 0.257 e. The lowest BCUT2D eigenvalue weighted by molar-refractivity contribution is -0.123. The van der Waals surface area contributed by atoms with Crippen molar-refractivity contribution in [3.05, 3.63) is 42.5 Å². The van der Waals surface area contributed by atoms with E-state index in [-0.39, 0.29) is 17.9 Å². The molecule has 0 bridgehead atoms. The number of rotatable bonds is 5. The lowest BCUT2D eigenvalue weighted by Gasteiger charge is -2.34. The van der Waals surface area contributed by atoms with Gasteiger partial charge >= 0.3 is 0 Å². The fraction of sp³-hybridized carbons (Fsp3) is 0.421. The molecule has 1 amide bonds. The number of carbonyl (C=O) groups is 1. The molecule has 1 aliphatic rings. The predicted molar refractivity (Wildman–Crippen MR) is 92.7 cm³/mol. The Morgan fingerprint density at radius 2 is 1.91 bits per heavy atom. The standard InChI is InChI=1S/C19H24N2O2/c1-19(9-11-20-12-10-19)14-21-18(22)13-23-17-8-4-6-15-5-2-3-7-16(15)17/h2-8,20H,9-14H2,1H3,(H,21,22). The summed E-state index contributed by atoms with van der Waals surface area (Å²) in [5.74, 6) is 0.698. The Balaban J connectivity index is 1.54. The monoisotopic (exact) mass is 312 g/mol. The predicted octanol–water partition coefficient (Wildman–Crippen LogP) is 2.72. The molecule has 0 unspecified atom stereocenters. The molecule has 122 valence electrons. The van der Waals surface area contributed by atoms with Crippen LogP contribution in [0.25, 0.3) is 10.8 Å². The fourth-order valence-corrected chi connectivity index (χ4v) is 3.03. The summed E-state index contributed by atoms with van der Waals surface area (Å²) in [5.41, 5.74) is 0.195. The van der Waals surface area contributed by atoms with Gasteiger partial charge in [0.25, 0.3) is 5.91 Å². The first-order valence-electron chi connectivity index (χ1n) is 8.24. The smallest absolute Gasteiger partial charge is 0.257 e. The van der Waals surface area contributed by atoms with Gasteiger partial charge in [-0.05, 0) is 42.8 Å². The van der Waals surface area contributed by atoms with Gasteiger partial charge in [0.1, 0.15) is 5.75 Å². The molecule has 3 rings (SSSR count). The summed E-state index contributed by atoms with van der Waals surface area (Å²) in [6, 6.07) is 13.9. The first-order chi connectivity index (χ1) is 11.2. The van der Waals surface area contributed by atoms with Crippen molar-refractivity contribution in [2.75, 3.05) is 26.2 Å². The molecular weight excluding hydrogens is 288 g/mol. The molecule has 2 aromatic rings. The van der Waals surface area contributed by atoms with E-state index in [0.717, 1.165) is 42.5 Å². The average Bonchev–Trinajstić information content (AvgIpc) is 2.59. The zero-order valence-corrected chi connectivity index (χ0v) is 13.6. The van der Waals surface area contributed by atoms with E-state index in [1.807, 2.05) is 42.5 Å². The molecule has 1 saturated heterocycles. The SMILES string of the molecule is CC1(CNC(=O)COc2cccc3ccccc23)CCNCC1. The highest BCUT2D eigenvalue weighted by Crippen LogP contribution is 2.27. The summed E-state index contributed by atoms with van der Waals surface area (Å²) < 4.78 is 5.73. The zero-order valence-electron chi connectivity index (χ0n) is 13.6. The van der Waals surface area contributed by atoms with Gasteiger partial charge in [0, 0.05) is 11.9 Å². The normalized spacial score (nSPS) is 16.9. The van der Waals surface area contributed by atoms with E-state index in [9.17, 15) is 4.79 Å². The number of benzene rings is 2. The number of amides is 1. The molecule has 0 atom stereocenters. The maximum atomic E-state index is 12.1. The Morgan fingerprint density at radius 1 is 1.17 bits per heavy atom. The van der Waals surface area contributed by atoms with Gasteiger partial charge in [-0.25, -0.2) is 0 Å². The van der Waals surface area contributed by atoms with E-state index in [0.29, 0.717) is 6.54 Å².